The van der Waals surface area contributed by atoms with Crippen molar-refractivity contribution in [2.24, 2.45) is 0 Å². The fraction of sp³-hybridized carbons (Fsp3) is 0.391. The molecule has 3 unspecified atom stereocenters. The summed E-state index contributed by atoms with van der Waals surface area (Å²) in [5, 5.41) is 0. The number of nitrogens with one attached hydrogen (secondary N) is 1. The van der Waals surface area contributed by atoms with E-state index in [1.54, 1.807) is 4.57 Å². The van der Waals surface area contributed by atoms with Gasteiger partial charge in [0.1, 0.15) is 6.10 Å². The van der Waals surface area contributed by atoms with Crippen LogP contribution < -0.4 is 5.69 Å². The van der Waals surface area contributed by atoms with Gasteiger partial charge in [0.15, 0.2) is 0 Å². The molecule has 2 heterocycles. The molecule has 2 fully saturated rings. The molecule has 1 aliphatic carbocycles. The number of aromatic amines is 1. The summed E-state index contributed by atoms with van der Waals surface area (Å²) in [4.78, 5) is 30.6. The Hall–Kier alpha value is -2.86. The van der Waals surface area contributed by atoms with E-state index in [1.165, 1.54) is 0 Å². The number of amides is 1. The van der Waals surface area contributed by atoms with E-state index >= 15 is 0 Å². The van der Waals surface area contributed by atoms with Gasteiger partial charge in [-0.05, 0) is 50.5 Å². The number of aromatic nitrogens is 2. The van der Waals surface area contributed by atoms with Crippen LogP contribution in [0.2, 0.25) is 0 Å². The lowest BCUT2D eigenvalue weighted by atomic mass is 9.97. The lowest BCUT2D eigenvalue weighted by Crippen LogP contribution is -2.53. The molecule has 1 N–H and O–H groups in total. The van der Waals surface area contributed by atoms with Crippen LogP contribution in [0.25, 0.3) is 11.0 Å². The van der Waals surface area contributed by atoms with E-state index in [2.05, 4.69) is 4.98 Å². The fourth-order valence-electron chi connectivity index (χ4n) is 4.51. The summed E-state index contributed by atoms with van der Waals surface area (Å²) >= 11 is 0. The Morgan fingerprint density at radius 1 is 1.10 bits per heavy atom. The molecule has 2 aliphatic rings. The number of fused-ring (bicyclic) bond motifs is 1. The molecule has 1 aromatic heterocycles. The summed E-state index contributed by atoms with van der Waals surface area (Å²) in [5.41, 5.74) is 3.19. The molecule has 150 valence electrons. The highest BCUT2D eigenvalue weighted by Gasteiger charge is 2.37. The predicted octanol–water partition coefficient (Wildman–Crippen LogP) is 3.66. The number of hydrogen-bond acceptors (Lipinski definition) is 3. The van der Waals surface area contributed by atoms with Gasteiger partial charge in [0, 0.05) is 11.6 Å². The average Bonchev–Trinajstić information content (AvgIpc) is 3.50. The predicted molar refractivity (Wildman–Crippen MR) is 111 cm³/mol. The molecule has 5 rings (SSSR count). The number of H-pyrrole nitrogens is 1. The minimum Gasteiger partial charge on any atom is -0.369 e. The minimum atomic E-state index is -0.156. The number of ether oxygens (including phenoxy) is 1. The van der Waals surface area contributed by atoms with Crippen LogP contribution in [0.3, 0.4) is 0 Å². The van der Waals surface area contributed by atoms with E-state index in [1.807, 2.05) is 67.3 Å². The number of benzene rings is 2. The number of nitrogens with zero attached hydrogens (tertiary/aromatic N) is 2. The first-order chi connectivity index (χ1) is 14.0. The van der Waals surface area contributed by atoms with Gasteiger partial charge in [0.25, 0.3) is 5.91 Å². The van der Waals surface area contributed by atoms with Crippen LogP contribution in [0.5, 0.6) is 0 Å². The smallest absolute Gasteiger partial charge is 0.326 e. The van der Waals surface area contributed by atoms with E-state index in [0.717, 1.165) is 29.4 Å². The van der Waals surface area contributed by atoms with Crippen molar-refractivity contribution in [3.8, 4) is 0 Å². The lowest BCUT2D eigenvalue weighted by Gasteiger charge is -2.44. The first-order valence-corrected chi connectivity index (χ1v) is 10.3. The maximum Gasteiger partial charge on any atom is 0.326 e. The summed E-state index contributed by atoms with van der Waals surface area (Å²) in [6, 6.07) is 15.7. The first-order valence-electron chi connectivity index (χ1n) is 10.3. The molecule has 1 saturated carbocycles. The van der Waals surface area contributed by atoms with Crippen molar-refractivity contribution < 1.29 is 9.53 Å². The number of imidazole rings is 1. The van der Waals surface area contributed by atoms with Crippen molar-refractivity contribution in [2.75, 3.05) is 6.61 Å². The zero-order chi connectivity index (χ0) is 20.1. The van der Waals surface area contributed by atoms with Gasteiger partial charge >= 0.3 is 5.69 Å². The van der Waals surface area contributed by atoms with Crippen LogP contribution >= 0.6 is 0 Å². The quantitative estimate of drug-likeness (QED) is 0.741. The molecule has 0 spiro atoms. The number of rotatable bonds is 3. The van der Waals surface area contributed by atoms with Crippen molar-refractivity contribution in [3.05, 3.63) is 70.1 Å². The first kappa shape index (κ1) is 18.2. The standard InChI is InChI=1S/C23H25N3O3/c1-14-13-29-21(16-6-4-3-5-7-16)15(2)25(14)22(27)17-8-11-19-20(12-17)26(18-9-10-18)23(28)24-19/h3-8,11-12,14-15,18,21H,9-10,13H2,1-2H3,(H,24,28). The number of morpholine rings is 1. The van der Waals surface area contributed by atoms with Crippen molar-refractivity contribution >= 4 is 16.9 Å². The van der Waals surface area contributed by atoms with Gasteiger partial charge < -0.3 is 14.6 Å². The van der Waals surface area contributed by atoms with Crippen molar-refractivity contribution in [3.63, 3.8) is 0 Å². The van der Waals surface area contributed by atoms with E-state index in [4.69, 9.17) is 4.74 Å². The zero-order valence-corrected chi connectivity index (χ0v) is 16.7. The molecular weight excluding hydrogens is 366 g/mol. The third-order valence-electron chi connectivity index (χ3n) is 6.11. The Morgan fingerprint density at radius 3 is 2.59 bits per heavy atom. The maximum atomic E-state index is 13.5. The molecule has 3 aromatic rings. The van der Waals surface area contributed by atoms with Gasteiger partial charge in [-0.1, -0.05) is 30.3 Å². The fourth-order valence-corrected chi connectivity index (χ4v) is 4.51. The van der Waals surface area contributed by atoms with Crippen LogP contribution in [0.1, 0.15) is 54.8 Å². The topological polar surface area (TPSA) is 67.3 Å². The van der Waals surface area contributed by atoms with Gasteiger partial charge in [-0.15, -0.1) is 0 Å². The van der Waals surface area contributed by atoms with Gasteiger partial charge in [0.05, 0.1) is 29.7 Å². The average molecular weight is 391 g/mol. The van der Waals surface area contributed by atoms with Gasteiger partial charge in [0.2, 0.25) is 0 Å². The highest BCUT2D eigenvalue weighted by molar-refractivity contribution is 5.98. The summed E-state index contributed by atoms with van der Waals surface area (Å²) < 4.78 is 7.89. The summed E-state index contributed by atoms with van der Waals surface area (Å²) in [5.74, 6) is -0.0212. The van der Waals surface area contributed by atoms with Crippen LogP contribution in [0, 0.1) is 0 Å². The normalized spacial score (nSPS) is 24.8. The molecule has 3 atom stereocenters. The molecule has 6 heteroatoms. The third-order valence-corrected chi connectivity index (χ3v) is 6.11. The third kappa shape index (κ3) is 3.08. The van der Waals surface area contributed by atoms with Crippen molar-refractivity contribution in [1.82, 2.24) is 14.5 Å². The van der Waals surface area contributed by atoms with Gasteiger partial charge in [-0.25, -0.2) is 4.79 Å². The van der Waals surface area contributed by atoms with Crippen molar-refractivity contribution in [2.45, 2.75) is 50.9 Å². The molecule has 1 amide bonds. The lowest BCUT2D eigenvalue weighted by molar-refractivity contribution is -0.0806. The van der Waals surface area contributed by atoms with Crippen LogP contribution in [-0.4, -0.2) is 39.0 Å². The summed E-state index contributed by atoms with van der Waals surface area (Å²) in [7, 11) is 0. The molecule has 0 bridgehead atoms. The molecule has 1 saturated heterocycles. The minimum absolute atomic E-state index is 0.0212. The molecule has 0 radical (unpaired) electrons. The Morgan fingerprint density at radius 2 is 1.86 bits per heavy atom. The summed E-state index contributed by atoms with van der Waals surface area (Å²) in [6.45, 7) is 4.56. The molecule has 6 nitrogen and oxygen atoms in total. The molecule has 2 aromatic carbocycles. The Labute approximate surface area is 169 Å². The van der Waals surface area contributed by atoms with Crippen LogP contribution in [-0.2, 0) is 4.74 Å². The van der Waals surface area contributed by atoms with E-state index in [9.17, 15) is 9.59 Å². The second-order valence-corrected chi connectivity index (χ2v) is 8.23. The van der Waals surface area contributed by atoms with Crippen molar-refractivity contribution in [1.29, 1.82) is 0 Å². The van der Waals surface area contributed by atoms with Gasteiger partial charge in [-0.3, -0.25) is 9.36 Å². The summed E-state index contributed by atoms with van der Waals surface area (Å²) in [6.07, 6.45) is 1.87. The van der Waals surface area contributed by atoms with E-state index in [-0.39, 0.29) is 35.8 Å². The monoisotopic (exact) mass is 391 g/mol. The zero-order valence-electron chi connectivity index (χ0n) is 16.7. The molecule has 1 aliphatic heterocycles. The number of carbonyl (C=O) groups excluding carboxylic acids is 1. The SMILES string of the molecule is CC1COC(c2ccccc2)C(C)N1C(=O)c1ccc2[nH]c(=O)n(C3CC3)c2c1. The maximum absolute atomic E-state index is 13.5. The van der Waals surface area contributed by atoms with E-state index in [0.29, 0.717) is 12.2 Å². The molecule has 29 heavy (non-hydrogen) atoms. The Balaban J connectivity index is 1.50. The number of hydrogen-bond donors (Lipinski definition) is 1. The van der Waals surface area contributed by atoms with E-state index < -0.39 is 0 Å². The van der Waals surface area contributed by atoms with Gasteiger partial charge in [-0.2, -0.15) is 0 Å². The Bertz CT molecular complexity index is 1110. The largest absolute Gasteiger partial charge is 0.369 e. The number of carbonyl (C=O) groups is 1. The second kappa shape index (κ2) is 6.88. The Kier molecular flexibility index (Phi) is 4.32. The highest BCUT2D eigenvalue weighted by Crippen LogP contribution is 2.36. The highest BCUT2D eigenvalue weighted by atomic mass is 16.5. The molecular formula is C23H25N3O3. The second-order valence-electron chi connectivity index (χ2n) is 8.23. The van der Waals surface area contributed by atoms with Crippen LogP contribution in [0.4, 0.5) is 0 Å². The van der Waals surface area contributed by atoms with Crippen LogP contribution in [0.15, 0.2) is 53.3 Å².